The fourth-order valence-electron chi connectivity index (χ4n) is 5.23. The number of amides is 2. The molecule has 4 aromatic rings. The van der Waals surface area contributed by atoms with Crippen LogP contribution in [0.5, 0.6) is 0 Å². The van der Waals surface area contributed by atoms with Gasteiger partial charge in [-0.15, -0.1) is 0 Å². The molecule has 0 atom stereocenters. The molecule has 5 rings (SSSR count). The summed E-state index contributed by atoms with van der Waals surface area (Å²) in [4.78, 5) is 46.0. The molecule has 0 bridgehead atoms. The van der Waals surface area contributed by atoms with Crippen molar-refractivity contribution in [3.63, 3.8) is 0 Å². The Morgan fingerprint density at radius 2 is 1.75 bits per heavy atom. The van der Waals surface area contributed by atoms with Crippen LogP contribution in [0.2, 0.25) is 5.02 Å². The van der Waals surface area contributed by atoms with Gasteiger partial charge in [-0.25, -0.2) is 18.6 Å². The lowest BCUT2D eigenvalue weighted by Crippen LogP contribution is -2.39. The van der Waals surface area contributed by atoms with Crippen LogP contribution in [0, 0.1) is 5.92 Å². The third-order valence-corrected chi connectivity index (χ3v) is 7.47. The quantitative estimate of drug-likeness (QED) is 0.340. The lowest BCUT2D eigenvalue weighted by molar-refractivity contribution is 0.0903. The first kappa shape index (κ1) is 27.4. The maximum Gasteiger partial charge on any atom is 0.333 e. The van der Waals surface area contributed by atoms with Gasteiger partial charge < -0.3 is 10.6 Å². The van der Waals surface area contributed by atoms with Crippen molar-refractivity contribution in [3.8, 4) is 5.69 Å². The second kappa shape index (κ2) is 11.5. The molecule has 2 amide bonds. The summed E-state index contributed by atoms with van der Waals surface area (Å²) < 4.78 is 30.0. The highest BCUT2D eigenvalue weighted by atomic mass is 35.5. The van der Waals surface area contributed by atoms with E-state index in [4.69, 9.17) is 11.6 Å². The molecule has 208 valence electrons. The smallest absolute Gasteiger partial charge is 0.333 e. The first-order chi connectivity index (χ1) is 19.3. The molecule has 12 heteroatoms. The standard InChI is InChI=1S/C28H27ClF2N6O3/c1-32-27(39)21-11-10-19(14-33-21)37-23-5-3-2-4-22(23)36(28(37)40)15-16-6-8-18(9-7-16)35-26(38)20-12-17(29)13-34-24(20)25(30)31/h2-5,10-14,16,18,25H,6-9,15H2,1H3,(H,32,39)(H,35,38)/t16-,18-. The van der Waals surface area contributed by atoms with E-state index in [-0.39, 0.29) is 39.8 Å². The van der Waals surface area contributed by atoms with Gasteiger partial charge >= 0.3 is 5.69 Å². The number of nitrogens with zero attached hydrogens (tertiary/aromatic N) is 4. The maximum absolute atomic E-state index is 13.6. The van der Waals surface area contributed by atoms with E-state index in [2.05, 4.69) is 20.6 Å². The summed E-state index contributed by atoms with van der Waals surface area (Å²) in [5.41, 5.74) is 1.30. The second-order valence-electron chi connectivity index (χ2n) is 9.78. The lowest BCUT2D eigenvalue weighted by Gasteiger charge is -2.29. The third-order valence-electron chi connectivity index (χ3n) is 7.26. The number of halogens is 3. The Hall–Kier alpha value is -4.12. The van der Waals surface area contributed by atoms with Crippen LogP contribution in [0.3, 0.4) is 0 Å². The molecule has 3 aromatic heterocycles. The van der Waals surface area contributed by atoms with Crippen LogP contribution in [0.15, 0.2) is 59.7 Å². The summed E-state index contributed by atoms with van der Waals surface area (Å²) in [6.07, 6.45) is 2.49. The number of imidazole rings is 1. The summed E-state index contributed by atoms with van der Waals surface area (Å²) >= 11 is 5.89. The van der Waals surface area contributed by atoms with Gasteiger partial charge in [0.2, 0.25) is 0 Å². The predicted octanol–water partition coefficient (Wildman–Crippen LogP) is 4.52. The van der Waals surface area contributed by atoms with E-state index in [0.717, 1.165) is 30.1 Å². The number of benzene rings is 1. The van der Waals surface area contributed by atoms with E-state index < -0.39 is 18.0 Å². The number of carbonyl (C=O) groups excluding carboxylic acids is 2. The van der Waals surface area contributed by atoms with E-state index in [1.165, 1.54) is 19.3 Å². The minimum absolute atomic E-state index is 0.112. The zero-order chi connectivity index (χ0) is 28.4. The van der Waals surface area contributed by atoms with Crippen LogP contribution in [-0.2, 0) is 6.54 Å². The molecule has 0 spiro atoms. The largest absolute Gasteiger partial charge is 0.354 e. The van der Waals surface area contributed by atoms with Gasteiger partial charge in [0.1, 0.15) is 11.4 Å². The molecule has 3 heterocycles. The summed E-state index contributed by atoms with van der Waals surface area (Å²) in [6.45, 7) is 0.491. The molecule has 0 unspecified atom stereocenters. The summed E-state index contributed by atoms with van der Waals surface area (Å²) in [7, 11) is 1.53. The van der Waals surface area contributed by atoms with Crippen LogP contribution < -0.4 is 16.3 Å². The van der Waals surface area contributed by atoms with Crippen molar-refractivity contribution in [2.45, 2.75) is 44.7 Å². The summed E-state index contributed by atoms with van der Waals surface area (Å²) in [5, 5.41) is 5.48. The van der Waals surface area contributed by atoms with Crippen molar-refractivity contribution in [3.05, 3.63) is 87.3 Å². The van der Waals surface area contributed by atoms with E-state index in [0.29, 0.717) is 25.1 Å². The van der Waals surface area contributed by atoms with Gasteiger partial charge in [0, 0.05) is 25.8 Å². The number of para-hydroxylation sites is 2. The SMILES string of the molecule is CNC(=O)c1ccc(-n2c(=O)n(C[C@H]3CC[C@H](NC(=O)c4cc(Cl)cnc4C(F)F)CC3)c3ccccc32)cn1. The number of aromatic nitrogens is 4. The number of fused-ring (bicyclic) bond motifs is 1. The van der Waals surface area contributed by atoms with Gasteiger partial charge in [0.15, 0.2) is 0 Å². The third kappa shape index (κ3) is 5.46. The van der Waals surface area contributed by atoms with Crippen molar-refractivity contribution in [1.82, 2.24) is 29.7 Å². The molecule has 0 radical (unpaired) electrons. The average molecular weight is 569 g/mol. The van der Waals surface area contributed by atoms with Crippen molar-refractivity contribution in [1.29, 1.82) is 0 Å². The number of pyridine rings is 2. The minimum atomic E-state index is -2.89. The molecule has 40 heavy (non-hydrogen) atoms. The van der Waals surface area contributed by atoms with Crippen LogP contribution in [0.25, 0.3) is 16.7 Å². The Morgan fingerprint density at radius 1 is 1.02 bits per heavy atom. The molecule has 1 saturated carbocycles. The number of rotatable bonds is 7. The van der Waals surface area contributed by atoms with E-state index in [9.17, 15) is 23.2 Å². The molecule has 1 aromatic carbocycles. The fourth-order valence-corrected chi connectivity index (χ4v) is 5.39. The lowest BCUT2D eigenvalue weighted by atomic mass is 9.85. The molecule has 1 aliphatic rings. The highest BCUT2D eigenvalue weighted by Crippen LogP contribution is 2.29. The van der Waals surface area contributed by atoms with Gasteiger partial charge in [-0.3, -0.25) is 23.7 Å². The first-order valence-electron chi connectivity index (χ1n) is 12.9. The number of nitrogens with one attached hydrogen (secondary N) is 2. The van der Waals surface area contributed by atoms with Gasteiger partial charge in [-0.2, -0.15) is 0 Å². The summed E-state index contributed by atoms with van der Waals surface area (Å²) in [5.74, 6) is -0.751. The Labute approximate surface area is 233 Å². The average Bonchev–Trinajstić information content (AvgIpc) is 3.24. The number of carbonyl (C=O) groups is 2. The van der Waals surface area contributed by atoms with Crippen LogP contribution in [0.4, 0.5) is 8.78 Å². The van der Waals surface area contributed by atoms with Crippen molar-refractivity contribution in [2.24, 2.45) is 5.92 Å². The highest BCUT2D eigenvalue weighted by molar-refractivity contribution is 6.30. The Bertz CT molecular complexity index is 1610. The first-order valence-corrected chi connectivity index (χ1v) is 13.3. The van der Waals surface area contributed by atoms with Gasteiger partial charge in [-0.1, -0.05) is 23.7 Å². The topological polar surface area (TPSA) is 111 Å². The highest BCUT2D eigenvalue weighted by Gasteiger charge is 2.27. The Kier molecular flexibility index (Phi) is 7.92. The summed E-state index contributed by atoms with van der Waals surface area (Å²) in [6, 6.07) is 11.8. The van der Waals surface area contributed by atoms with Crippen molar-refractivity contribution in [2.75, 3.05) is 7.05 Å². The molecule has 1 fully saturated rings. The number of hydrogen-bond donors (Lipinski definition) is 2. The zero-order valence-corrected chi connectivity index (χ0v) is 22.4. The molecule has 0 saturated heterocycles. The van der Waals surface area contributed by atoms with Crippen LogP contribution >= 0.6 is 11.6 Å². The molecule has 1 aliphatic carbocycles. The normalized spacial score (nSPS) is 17.2. The Balaban J connectivity index is 1.30. The number of hydrogen-bond acceptors (Lipinski definition) is 5. The molecule has 0 aliphatic heterocycles. The van der Waals surface area contributed by atoms with Crippen LogP contribution in [-0.4, -0.2) is 44.0 Å². The van der Waals surface area contributed by atoms with Crippen LogP contribution in [0.1, 0.15) is 58.6 Å². The van der Waals surface area contributed by atoms with E-state index in [1.807, 2.05) is 24.3 Å². The maximum atomic E-state index is 13.6. The molecule has 2 N–H and O–H groups in total. The van der Waals surface area contributed by atoms with Gasteiger partial charge in [0.25, 0.3) is 18.2 Å². The fraction of sp³-hybridized carbons (Fsp3) is 0.321. The van der Waals surface area contributed by atoms with E-state index >= 15 is 0 Å². The number of alkyl halides is 2. The van der Waals surface area contributed by atoms with Crippen molar-refractivity contribution >= 4 is 34.4 Å². The zero-order valence-electron chi connectivity index (χ0n) is 21.6. The second-order valence-corrected chi connectivity index (χ2v) is 10.2. The van der Waals surface area contributed by atoms with Crippen molar-refractivity contribution < 1.29 is 18.4 Å². The molecular weight excluding hydrogens is 542 g/mol. The molecule has 9 nitrogen and oxygen atoms in total. The molecular formula is C28H27ClF2N6O3. The van der Waals surface area contributed by atoms with E-state index in [1.54, 1.807) is 21.3 Å². The Morgan fingerprint density at radius 3 is 2.40 bits per heavy atom. The van der Waals surface area contributed by atoms with Gasteiger partial charge in [-0.05, 0) is 61.9 Å². The minimum Gasteiger partial charge on any atom is -0.354 e. The van der Waals surface area contributed by atoms with Gasteiger partial charge in [0.05, 0.1) is 33.5 Å². The predicted molar refractivity (Wildman–Crippen MR) is 146 cm³/mol. The monoisotopic (exact) mass is 568 g/mol.